The first kappa shape index (κ1) is 16.4. The Morgan fingerprint density at radius 2 is 1.85 bits per heavy atom. The van der Waals surface area contributed by atoms with E-state index in [2.05, 4.69) is 10.6 Å². The van der Waals surface area contributed by atoms with Gasteiger partial charge >= 0.3 is 12.0 Å². The molecule has 0 saturated carbocycles. The smallest absolute Gasteiger partial charge is 0.321 e. The topological polar surface area (TPSA) is 105 Å². The van der Waals surface area contributed by atoms with Gasteiger partial charge in [-0.3, -0.25) is 14.9 Å². The number of ether oxygens (including phenoxy) is 1. The van der Waals surface area contributed by atoms with Gasteiger partial charge in [-0.1, -0.05) is 6.92 Å². The van der Waals surface area contributed by atoms with Gasteiger partial charge in [-0.05, 0) is 25.7 Å². The number of urea groups is 1. The molecular weight excluding hydrogens is 264 g/mol. The highest BCUT2D eigenvalue weighted by molar-refractivity contribution is 5.94. The number of amides is 3. The number of nitrogens with one attached hydrogen (secondary N) is 2. The predicted molar refractivity (Wildman–Crippen MR) is 71.2 cm³/mol. The molecule has 20 heavy (non-hydrogen) atoms. The minimum atomic E-state index is -0.954. The van der Waals surface area contributed by atoms with Gasteiger partial charge in [0.05, 0.1) is 0 Å². The number of aliphatic carboxylic acids is 1. The van der Waals surface area contributed by atoms with Gasteiger partial charge in [0.2, 0.25) is 5.91 Å². The quantitative estimate of drug-likeness (QED) is 0.696. The zero-order valence-electron chi connectivity index (χ0n) is 11.9. The highest BCUT2D eigenvalue weighted by atomic mass is 16.5. The molecule has 0 aliphatic carbocycles. The van der Waals surface area contributed by atoms with Gasteiger partial charge in [-0.15, -0.1) is 0 Å². The number of carbonyl (C=O) groups is 3. The van der Waals surface area contributed by atoms with Crippen LogP contribution in [-0.4, -0.2) is 41.8 Å². The van der Waals surface area contributed by atoms with Crippen LogP contribution in [0.3, 0.4) is 0 Å². The number of rotatable bonds is 5. The van der Waals surface area contributed by atoms with E-state index in [9.17, 15) is 14.4 Å². The summed E-state index contributed by atoms with van der Waals surface area (Å²) >= 11 is 0. The molecule has 0 aromatic carbocycles. The number of hydrogen-bond donors (Lipinski definition) is 3. The maximum absolute atomic E-state index is 11.7. The van der Waals surface area contributed by atoms with E-state index in [0.29, 0.717) is 26.1 Å². The molecule has 0 spiro atoms. The second kappa shape index (κ2) is 7.23. The van der Waals surface area contributed by atoms with E-state index in [-0.39, 0.29) is 24.3 Å². The van der Waals surface area contributed by atoms with Crippen molar-refractivity contribution in [3.8, 4) is 0 Å². The lowest BCUT2D eigenvalue weighted by atomic mass is 9.93. The zero-order valence-corrected chi connectivity index (χ0v) is 11.9. The van der Waals surface area contributed by atoms with Crippen molar-refractivity contribution in [2.75, 3.05) is 13.2 Å². The van der Waals surface area contributed by atoms with Crippen LogP contribution in [0.2, 0.25) is 0 Å². The first-order chi connectivity index (χ1) is 9.31. The molecule has 7 nitrogen and oxygen atoms in total. The van der Waals surface area contributed by atoms with Gasteiger partial charge in [-0.2, -0.15) is 0 Å². The summed E-state index contributed by atoms with van der Waals surface area (Å²) in [5.41, 5.74) is -0.366. The summed E-state index contributed by atoms with van der Waals surface area (Å²) < 4.78 is 5.22. The Hall–Kier alpha value is -1.63. The van der Waals surface area contributed by atoms with Crippen molar-refractivity contribution < 1.29 is 24.2 Å². The molecule has 1 heterocycles. The Morgan fingerprint density at radius 1 is 1.25 bits per heavy atom. The van der Waals surface area contributed by atoms with E-state index in [1.165, 1.54) is 0 Å². The van der Waals surface area contributed by atoms with Crippen LogP contribution in [0.5, 0.6) is 0 Å². The fraction of sp³-hybridized carbons (Fsp3) is 0.769. The van der Waals surface area contributed by atoms with Crippen LogP contribution in [0, 0.1) is 5.92 Å². The first-order valence-corrected chi connectivity index (χ1v) is 6.72. The van der Waals surface area contributed by atoms with Crippen molar-refractivity contribution in [2.45, 2.75) is 45.1 Å². The van der Waals surface area contributed by atoms with Crippen LogP contribution in [0.4, 0.5) is 4.79 Å². The van der Waals surface area contributed by atoms with Crippen molar-refractivity contribution in [2.24, 2.45) is 5.92 Å². The third-order valence-corrected chi connectivity index (χ3v) is 3.32. The van der Waals surface area contributed by atoms with E-state index in [1.54, 1.807) is 6.92 Å². The second-order valence-electron chi connectivity index (χ2n) is 5.58. The summed E-state index contributed by atoms with van der Waals surface area (Å²) in [6.45, 7) is 4.73. The van der Waals surface area contributed by atoms with E-state index >= 15 is 0 Å². The van der Waals surface area contributed by atoms with Gasteiger partial charge in [0, 0.05) is 31.6 Å². The Balaban J connectivity index is 2.34. The van der Waals surface area contributed by atoms with Gasteiger partial charge in [-0.25, -0.2) is 4.79 Å². The Bertz CT molecular complexity index is 377. The molecular formula is C13H22N2O5. The summed E-state index contributed by atoms with van der Waals surface area (Å²) in [6, 6.07) is -0.540. The van der Waals surface area contributed by atoms with E-state index in [4.69, 9.17) is 9.84 Å². The highest BCUT2D eigenvalue weighted by Crippen LogP contribution is 2.19. The minimum Gasteiger partial charge on any atom is -0.481 e. The molecule has 1 atom stereocenters. The Kier molecular flexibility index (Phi) is 5.94. The van der Waals surface area contributed by atoms with Crippen molar-refractivity contribution in [3.05, 3.63) is 0 Å². The van der Waals surface area contributed by atoms with Crippen LogP contribution in [0.25, 0.3) is 0 Å². The van der Waals surface area contributed by atoms with Gasteiger partial charge in [0.1, 0.15) is 0 Å². The van der Waals surface area contributed by atoms with E-state index < -0.39 is 17.9 Å². The summed E-state index contributed by atoms with van der Waals surface area (Å²) in [5, 5.41) is 13.6. The van der Waals surface area contributed by atoms with E-state index in [0.717, 1.165) is 0 Å². The Labute approximate surface area is 118 Å². The molecule has 1 saturated heterocycles. The minimum absolute atomic E-state index is 0.0134. The molecule has 3 amide bonds. The monoisotopic (exact) mass is 286 g/mol. The van der Waals surface area contributed by atoms with Crippen molar-refractivity contribution in [3.63, 3.8) is 0 Å². The van der Waals surface area contributed by atoms with Crippen LogP contribution in [0.1, 0.15) is 39.5 Å². The van der Waals surface area contributed by atoms with Crippen LogP contribution < -0.4 is 10.6 Å². The highest BCUT2D eigenvalue weighted by Gasteiger charge is 2.29. The molecule has 7 heteroatoms. The van der Waals surface area contributed by atoms with Crippen LogP contribution in [-0.2, 0) is 14.3 Å². The van der Waals surface area contributed by atoms with Crippen molar-refractivity contribution in [1.29, 1.82) is 0 Å². The molecule has 114 valence electrons. The van der Waals surface area contributed by atoms with Gasteiger partial charge < -0.3 is 15.2 Å². The zero-order chi connectivity index (χ0) is 15.2. The molecule has 0 radical (unpaired) electrons. The van der Waals surface area contributed by atoms with Crippen LogP contribution >= 0.6 is 0 Å². The Morgan fingerprint density at radius 3 is 2.40 bits per heavy atom. The van der Waals surface area contributed by atoms with Crippen molar-refractivity contribution >= 4 is 17.9 Å². The lowest BCUT2D eigenvalue weighted by molar-refractivity contribution is -0.138. The lowest BCUT2D eigenvalue weighted by Gasteiger charge is -2.34. The maximum Gasteiger partial charge on any atom is 0.321 e. The second-order valence-corrected chi connectivity index (χ2v) is 5.58. The molecule has 1 fully saturated rings. The number of hydrogen-bond acceptors (Lipinski definition) is 4. The number of carboxylic acid groups (broad SMARTS) is 1. The summed E-state index contributed by atoms with van der Waals surface area (Å²) in [5.74, 6) is -1.73. The summed E-state index contributed by atoms with van der Waals surface area (Å²) in [7, 11) is 0. The molecule has 3 N–H and O–H groups in total. The first-order valence-electron chi connectivity index (χ1n) is 6.72. The number of imide groups is 1. The molecule has 0 bridgehead atoms. The molecule has 1 aliphatic rings. The lowest BCUT2D eigenvalue weighted by Crippen LogP contribution is -2.54. The van der Waals surface area contributed by atoms with E-state index in [1.807, 2.05) is 6.92 Å². The van der Waals surface area contributed by atoms with Gasteiger partial charge in [0.15, 0.2) is 0 Å². The average molecular weight is 286 g/mol. The summed E-state index contributed by atoms with van der Waals surface area (Å²) in [6.07, 6.45) is 1.32. The number of carbonyl (C=O) groups excluding carboxylic acids is 2. The fourth-order valence-electron chi connectivity index (χ4n) is 2.12. The largest absolute Gasteiger partial charge is 0.481 e. The molecule has 1 unspecified atom stereocenters. The van der Waals surface area contributed by atoms with Gasteiger partial charge in [0.25, 0.3) is 0 Å². The third kappa shape index (κ3) is 6.01. The molecule has 1 rings (SSSR count). The predicted octanol–water partition coefficient (Wildman–Crippen LogP) is 0.882. The fourth-order valence-corrected chi connectivity index (χ4v) is 2.12. The SMILES string of the molecule is CC(CC(=O)O)CC(=O)NC(=O)NC1(C)CCOCC1. The summed E-state index contributed by atoms with van der Waals surface area (Å²) in [4.78, 5) is 33.8. The average Bonchev–Trinajstić information content (AvgIpc) is 2.26. The third-order valence-electron chi connectivity index (χ3n) is 3.32. The number of carboxylic acids is 1. The standard InChI is InChI=1S/C13H22N2O5/c1-9(8-11(17)18)7-10(16)14-12(19)15-13(2)3-5-20-6-4-13/h9H,3-8H2,1-2H3,(H,17,18)(H2,14,15,16,19). The normalized spacial score (nSPS) is 18.9. The molecule has 0 aromatic rings. The molecule has 0 aromatic heterocycles. The molecule has 1 aliphatic heterocycles. The maximum atomic E-state index is 11.7. The van der Waals surface area contributed by atoms with Crippen LogP contribution in [0.15, 0.2) is 0 Å². The van der Waals surface area contributed by atoms with Crippen molar-refractivity contribution in [1.82, 2.24) is 10.6 Å².